The number of benzene rings is 1. The summed E-state index contributed by atoms with van der Waals surface area (Å²) in [6, 6.07) is 12.0. The van der Waals surface area contributed by atoms with Gasteiger partial charge in [0.05, 0.1) is 24.7 Å². The molecule has 5 rings (SSSR count). The number of rotatable bonds is 6. The molecule has 0 saturated heterocycles. The zero-order valence-corrected chi connectivity index (χ0v) is 18.1. The van der Waals surface area contributed by atoms with Gasteiger partial charge in [-0.3, -0.25) is 9.36 Å². The van der Waals surface area contributed by atoms with E-state index in [4.69, 9.17) is 9.15 Å². The number of carbonyl (C=O) groups excluding carboxylic acids is 1. The average Bonchev–Trinajstić information content (AvgIpc) is 3.48. The number of hydrogen-bond donors (Lipinski definition) is 1. The van der Waals surface area contributed by atoms with Crippen LogP contribution in [0.4, 0.5) is 0 Å². The van der Waals surface area contributed by atoms with Gasteiger partial charge in [0.2, 0.25) is 11.7 Å². The first kappa shape index (κ1) is 20.2. The normalized spacial score (nSPS) is 18.9. The Bertz CT molecular complexity index is 1030. The Balaban J connectivity index is 1.30. The number of nitrogens with zero attached hydrogens (tertiary/aromatic N) is 3. The Morgan fingerprint density at radius 3 is 2.81 bits per heavy atom. The molecule has 1 aliphatic heterocycles. The minimum atomic E-state index is -0.0204. The van der Waals surface area contributed by atoms with E-state index >= 15 is 0 Å². The minimum Gasteiger partial charge on any atom is -0.493 e. The van der Waals surface area contributed by atoms with Crippen molar-refractivity contribution in [1.29, 1.82) is 0 Å². The molecular weight excluding hydrogens is 412 g/mol. The zero-order valence-electron chi connectivity index (χ0n) is 17.3. The van der Waals surface area contributed by atoms with Crippen molar-refractivity contribution in [3.05, 3.63) is 48.2 Å². The number of hydrogen-bond acceptors (Lipinski definition) is 6. The lowest BCUT2D eigenvalue weighted by Gasteiger charge is -2.27. The number of carbonyl (C=O) groups is 1. The van der Waals surface area contributed by atoms with Crippen molar-refractivity contribution in [3.63, 3.8) is 0 Å². The maximum Gasteiger partial charge on any atom is 0.230 e. The second-order valence-electron chi connectivity index (χ2n) is 8.03. The van der Waals surface area contributed by atoms with Gasteiger partial charge in [0.25, 0.3) is 0 Å². The summed E-state index contributed by atoms with van der Waals surface area (Å²) in [6.45, 7) is 0.609. The number of para-hydroxylation sites is 1. The van der Waals surface area contributed by atoms with Crippen LogP contribution in [0, 0.1) is 0 Å². The summed E-state index contributed by atoms with van der Waals surface area (Å²) in [5.41, 5.74) is 1.04. The van der Waals surface area contributed by atoms with Crippen molar-refractivity contribution in [2.45, 2.75) is 55.8 Å². The summed E-state index contributed by atoms with van der Waals surface area (Å²) in [5.74, 6) is 2.60. The lowest BCUT2D eigenvalue weighted by Crippen LogP contribution is -2.33. The molecule has 1 amide bonds. The van der Waals surface area contributed by atoms with E-state index in [1.165, 1.54) is 31.0 Å². The number of nitrogens with one attached hydrogen (secondary N) is 1. The molecule has 0 radical (unpaired) electrons. The molecule has 162 valence electrons. The minimum absolute atomic E-state index is 0.00977. The number of thioether (sulfide) groups is 1. The largest absolute Gasteiger partial charge is 0.493 e. The fourth-order valence-corrected chi connectivity index (χ4v) is 5.29. The molecule has 1 fully saturated rings. The van der Waals surface area contributed by atoms with E-state index in [2.05, 4.69) is 20.1 Å². The molecular formula is C23H26N4O3S. The Hall–Kier alpha value is -2.74. The summed E-state index contributed by atoms with van der Waals surface area (Å²) in [6.07, 6.45) is 8.30. The van der Waals surface area contributed by atoms with Gasteiger partial charge in [-0.1, -0.05) is 49.2 Å². The fraction of sp³-hybridized carbons (Fsp3) is 0.435. The molecule has 3 aromatic rings. The Morgan fingerprint density at radius 1 is 1.10 bits per heavy atom. The fourth-order valence-electron chi connectivity index (χ4n) is 4.48. The maximum atomic E-state index is 12.8. The molecule has 1 N–H and O–H groups in total. The molecule has 0 unspecified atom stereocenters. The first-order chi connectivity index (χ1) is 15.3. The van der Waals surface area contributed by atoms with Gasteiger partial charge in [-0.15, -0.1) is 10.2 Å². The van der Waals surface area contributed by atoms with Crippen LogP contribution < -0.4 is 10.1 Å². The third-order valence-electron chi connectivity index (χ3n) is 5.97. The van der Waals surface area contributed by atoms with Crippen molar-refractivity contribution in [3.8, 4) is 17.3 Å². The highest BCUT2D eigenvalue weighted by Crippen LogP contribution is 2.36. The van der Waals surface area contributed by atoms with Gasteiger partial charge in [-0.25, -0.2) is 0 Å². The zero-order chi connectivity index (χ0) is 21.0. The lowest BCUT2D eigenvalue weighted by atomic mass is 9.95. The van der Waals surface area contributed by atoms with Gasteiger partial charge in [-0.2, -0.15) is 0 Å². The van der Waals surface area contributed by atoms with Gasteiger partial charge in [0.1, 0.15) is 5.75 Å². The monoisotopic (exact) mass is 438 g/mol. The van der Waals surface area contributed by atoms with Crippen LogP contribution in [0.3, 0.4) is 0 Å². The lowest BCUT2D eigenvalue weighted by molar-refractivity contribution is -0.119. The highest BCUT2D eigenvalue weighted by molar-refractivity contribution is 7.99. The molecule has 1 atom stereocenters. The van der Waals surface area contributed by atoms with Crippen LogP contribution in [-0.4, -0.2) is 33.0 Å². The van der Waals surface area contributed by atoms with Crippen LogP contribution in [0.1, 0.15) is 56.2 Å². The first-order valence-corrected chi connectivity index (χ1v) is 11.9. The van der Waals surface area contributed by atoms with Crippen LogP contribution in [0.5, 0.6) is 5.75 Å². The highest BCUT2D eigenvalue weighted by atomic mass is 32.2. The van der Waals surface area contributed by atoms with Gasteiger partial charge in [-0.05, 0) is 31.0 Å². The Kier molecular flexibility index (Phi) is 5.97. The third kappa shape index (κ3) is 4.35. The molecule has 0 bridgehead atoms. The predicted molar refractivity (Wildman–Crippen MR) is 118 cm³/mol. The maximum absolute atomic E-state index is 12.8. The molecule has 2 aliphatic rings. The van der Waals surface area contributed by atoms with Crippen LogP contribution in [0.25, 0.3) is 11.6 Å². The van der Waals surface area contributed by atoms with Crippen molar-refractivity contribution < 1.29 is 13.9 Å². The van der Waals surface area contributed by atoms with Crippen molar-refractivity contribution in [2.24, 2.45) is 0 Å². The van der Waals surface area contributed by atoms with Crippen LogP contribution in [0.15, 0.2) is 52.2 Å². The topological polar surface area (TPSA) is 82.2 Å². The summed E-state index contributed by atoms with van der Waals surface area (Å²) >= 11 is 1.44. The van der Waals surface area contributed by atoms with E-state index in [1.807, 2.05) is 36.4 Å². The third-order valence-corrected chi connectivity index (χ3v) is 6.92. The van der Waals surface area contributed by atoms with Crippen molar-refractivity contribution in [1.82, 2.24) is 20.1 Å². The molecule has 1 aromatic carbocycles. The second-order valence-corrected chi connectivity index (χ2v) is 8.97. The highest BCUT2D eigenvalue weighted by Gasteiger charge is 2.26. The van der Waals surface area contributed by atoms with E-state index < -0.39 is 0 Å². The van der Waals surface area contributed by atoms with Gasteiger partial charge < -0.3 is 14.5 Å². The van der Waals surface area contributed by atoms with Gasteiger partial charge in [0.15, 0.2) is 10.9 Å². The molecule has 3 heterocycles. The van der Waals surface area contributed by atoms with E-state index in [-0.39, 0.29) is 11.9 Å². The van der Waals surface area contributed by atoms with Crippen molar-refractivity contribution in [2.75, 3.05) is 12.4 Å². The van der Waals surface area contributed by atoms with Crippen LogP contribution in [0.2, 0.25) is 0 Å². The van der Waals surface area contributed by atoms with Gasteiger partial charge >= 0.3 is 0 Å². The van der Waals surface area contributed by atoms with E-state index in [0.29, 0.717) is 24.2 Å². The van der Waals surface area contributed by atoms with Crippen LogP contribution >= 0.6 is 11.8 Å². The average molecular weight is 439 g/mol. The number of fused-ring (bicyclic) bond motifs is 1. The van der Waals surface area contributed by atoms with E-state index in [0.717, 1.165) is 41.6 Å². The molecule has 1 saturated carbocycles. The van der Waals surface area contributed by atoms with E-state index in [9.17, 15) is 4.79 Å². The summed E-state index contributed by atoms with van der Waals surface area (Å²) in [5, 5.41) is 12.8. The summed E-state index contributed by atoms with van der Waals surface area (Å²) < 4.78 is 13.5. The summed E-state index contributed by atoms with van der Waals surface area (Å²) in [7, 11) is 0. The standard InChI is InChI=1S/C23H26N4O3S/c28-21(24-18-12-14-30-19-10-5-4-9-17(18)19)15-31-23-26-25-22(20-11-6-13-29-20)27(23)16-7-2-1-3-8-16/h4-6,9-11,13,16,18H,1-3,7-8,12,14-15H2,(H,24,28)/t18-/m1/s1. The number of amides is 1. The van der Waals surface area contributed by atoms with Gasteiger partial charge in [0, 0.05) is 18.0 Å². The number of furan rings is 1. The SMILES string of the molecule is O=C(CSc1nnc(-c2ccco2)n1C1CCCCC1)N[C@@H]1CCOc2ccccc21. The molecule has 8 heteroatoms. The second kappa shape index (κ2) is 9.18. The molecule has 31 heavy (non-hydrogen) atoms. The number of ether oxygens (including phenoxy) is 1. The van der Waals surface area contributed by atoms with E-state index in [1.54, 1.807) is 6.26 Å². The molecule has 2 aromatic heterocycles. The number of aromatic nitrogens is 3. The molecule has 0 spiro atoms. The quantitative estimate of drug-likeness (QED) is 0.558. The summed E-state index contributed by atoms with van der Waals surface area (Å²) in [4.78, 5) is 12.8. The Morgan fingerprint density at radius 2 is 1.97 bits per heavy atom. The first-order valence-electron chi connectivity index (χ1n) is 10.9. The molecule has 7 nitrogen and oxygen atoms in total. The van der Waals surface area contributed by atoms with Crippen molar-refractivity contribution >= 4 is 17.7 Å². The smallest absolute Gasteiger partial charge is 0.230 e. The Labute approximate surface area is 185 Å². The van der Waals surface area contributed by atoms with Crippen LogP contribution in [-0.2, 0) is 4.79 Å². The molecule has 1 aliphatic carbocycles. The predicted octanol–water partition coefficient (Wildman–Crippen LogP) is 4.78.